The van der Waals surface area contributed by atoms with Crippen molar-refractivity contribution >= 4 is 27.3 Å². The van der Waals surface area contributed by atoms with E-state index in [4.69, 9.17) is 11.6 Å². The smallest absolute Gasteiger partial charge is 0.281 e. The highest BCUT2D eigenvalue weighted by molar-refractivity contribution is 7.92. The molecule has 0 bridgehead atoms. The summed E-state index contributed by atoms with van der Waals surface area (Å²) in [6.45, 7) is 4.43. The minimum absolute atomic E-state index is 0.0187. The number of para-hydroxylation sites is 1. The molecule has 0 amide bonds. The lowest BCUT2D eigenvalue weighted by Crippen LogP contribution is -2.13. The Balaban J connectivity index is 2.34. The van der Waals surface area contributed by atoms with Crippen LogP contribution in [0.3, 0.4) is 0 Å². The molecule has 0 aliphatic heterocycles. The average Bonchev–Trinajstić information content (AvgIpc) is 2.78. The molecule has 114 valence electrons. The van der Waals surface area contributed by atoms with E-state index in [1.165, 1.54) is 18.3 Å². The summed E-state index contributed by atoms with van der Waals surface area (Å²) in [5.41, 5.74) is 0.0187. The molecule has 0 radical (unpaired) electrons. The summed E-state index contributed by atoms with van der Waals surface area (Å²) in [4.78, 5) is 4.05. The van der Waals surface area contributed by atoms with Crippen LogP contribution in [0.4, 0.5) is 5.69 Å². The highest BCUT2D eigenvalue weighted by atomic mass is 35.5. The lowest BCUT2D eigenvalue weighted by molar-refractivity contribution is 0.478. The maximum absolute atomic E-state index is 12.3. The summed E-state index contributed by atoms with van der Waals surface area (Å²) in [5.74, 6) is 0.306. The summed E-state index contributed by atoms with van der Waals surface area (Å²) < 4.78 is 28.6. The fourth-order valence-corrected chi connectivity index (χ4v) is 3.12. The Morgan fingerprint density at radius 1 is 1.43 bits per heavy atom. The number of halogens is 1. The second-order valence-electron chi connectivity index (χ2n) is 4.56. The van der Waals surface area contributed by atoms with Crippen LogP contribution in [0.25, 0.3) is 0 Å². The number of aromatic hydroxyl groups is 1. The first-order valence-corrected chi connectivity index (χ1v) is 8.25. The molecule has 0 atom stereocenters. The van der Waals surface area contributed by atoms with E-state index in [9.17, 15) is 13.5 Å². The molecule has 0 saturated heterocycles. The van der Waals surface area contributed by atoms with Gasteiger partial charge in [-0.2, -0.15) is 8.42 Å². The largest absolute Gasteiger partial charge is 0.504 e. The number of nitrogens with zero attached hydrogens (tertiary/aromatic N) is 2. The van der Waals surface area contributed by atoms with Gasteiger partial charge in [-0.1, -0.05) is 24.6 Å². The fraction of sp³-hybridized carbons (Fsp3) is 0.308. The first-order chi connectivity index (χ1) is 9.85. The number of anilines is 1. The zero-order valence-electron chi connectivity index (χ0n) is 11.7. The van der Waals surface area contributed by atoms with Crippen molar-refractivity contribution in [3.8, 4) is 5.75 Å². The number of hydrogen-bond donors (Lipinski definition) is 2. The zero-order valence-corrected chi connectivity index (χ0v) is 13.2. The van der Waals surface area contributed by atoms with Gasteiger partial charge >= 0.3 is 0 Å². The quantitative estimate of drug-likeness (QED) is 0.826. The number of aryl methyl sites for hydroxylation is 2. The average molecular weight is 330 g/mol. The number of hydrogen-bond acceptors (Lipinski definition) is 4. The Hall–Kier alpha value is -1.73. The van der Waals surface area contributed by atoms with Gasteiger partial charge in [0, 0.05) is 12.7 Å². The van der Waals surface area contributed by atoms with E-state index in [0.29, 0.717) is 12.4 Å². The Morgan fingerprint density at radius 2 is 2.14 bits per heavy atom. The van der Waals surface area contributed by atoms with Gasteiger partial charge in [-0.25, -0.2) is 4.98 Å². The Labute approximate surface area is 128 Å². The monoisotopic (exact) mass is 329 g/mol. The lowest BCUT2D eigenvalue weighted by Gasteiger charge is -2.08. The van der Waals surface area contributed by atoms with Gasteiger partial charge in [0.1, 0.15) is 5.82 Å². The summed E-state index contributed by atoms with van der Waals surface area (Å²) >= 11 is 5.75. The third-order valence-electron chi connectivity index (χ3n) is 2.92. The SMILES string of the molecule is CCCn1cc(S(=O)(=O)Nc2cccc(Cl)c2O)nc1C. The van der Waals surface area contributed by atoms with E-state index < -0.39 is 10.0 Å². The van der Waals surface area contributed by atoms with Crippen molar-refractivity contribution in [1.82, 2.24) is 9.55 Å². The predicted molar refractivity (Wildman–Crippen MR) is 81.2 cm³/mol. The van der Waals surface area contributed by atoms with E-state index in [-0.39, 0.29) is 21.5 Å². The van der Waals surface area contributed by atoms with Gasteiger partial charge in [-0.15, -0.1) is 0 Å². The van der Waals surface area contributed by atoms with E-state index in [1.54, 1.807) is 17.6 Å². The van der Waals surface area contributed by atoms with Crippen molar-refractivity contribution in [2.45, 2.75) is 31.8 Å². The highest BCUT2D eigenvalue weighted by Gasteiger charge is 2.21. The molecule has 0 unspecified atom stereocenters. The number of aromatic nitrogens is 2. The van der Waals surface area contributed by atoms with Crippen LogP contribution in [0.1, 0.15) is 19.2 Å². The Kier molecular flexibility index (Phi) is 4.43. The van der Waals surface area contributed by atoms with Crippen LogP contribution in [-0.4, -0.2) is 23.1 Å². The summed E-state index contributed by atoms with van der Waals surface area (Å²) in [6, 6.07) is 4.43. The Morgan fingerprint density at radius 3 is 2.81 bits per heavy atom. The van der Waals surface area contributed by atoms with E-state index in [2.05, 4.69) is 9.71 Å². The first kappa shape index (κ1) is 15.7. The van der Waals surface area contributed by atoms with Crippen LogP contribution < -0.4 is 4.72 Å². The molecule has 2 aromatic rings. The van der Waals surface area contributed by atoms with Crippen molar-refractivity contribution in [1.29, 1.82) is 0 Å². The molecule has 6 nitrogen and oxygen atoms in total. The van der Waals surface area contributed by atoms with Crippen molar-refractivity contribution in [2.75, 3.05) is 4.72 Å². The molecule has 0 spiro atoms. The van der Waals surface area contributed by atoms with Gasteiger partial charge in [0.25, 0.3) is 10.0 Å². The third-order valence-corrected chi connectivity index (χ3v) is 4.47. The molecule has 0 aliphatic rings. The third kappa shape index (κ3) is 3.30. The summed E-state index contributed by atoms with van der Waals surface area (Å²) in [6.07, 6.45) is 2.35. The van der Waals surface area contributed by atoms with Crippen LogP contribution in [0.2, 0.25) is 5.02 Å². The van der Waals surface area contributed by atoms with E-state index >= 15 is 0 Å². The van der Waals surface area contributed by atoms with Crippen molar-refractivity contribution < 1.29 is 13.5 Å². The molecule has 1 heterocycles. The minimum Gasteiger partial charge on any atom is -0.504 e. The predicted octanol–water partition coefficient (Wildman–Crippen LogP) is 2.76. The van der Waals surface area contributed by atoms with Gasteiger partial charge in [0.2, 0.25) is 0 Å². The normalized spacial score (nSPS) is 11.6. The molecular formula is C13H16ClN3O3S. The zero-order chi connectivity index (χ0) is 15.6. The van der Waals surface area contributed by atoms with Gasteiger partial charge in [0.05, 0.1) is 10.7 Å². The number of sulfonamides is 1. The number of rotatable bonds is 5. The van der Waals surface area contributed by atoms with Crippen LogP contribution >= 0.6 is 11.6 Å². The van der Waals surface area contributed by atoms with Crippen molar-refractivity contribution in [2.24, 2.45) is 0 Å². The topological polar surface area (TPSA) is 84.2 Å². The van der Waals surface area contributed by atoms with Crippen LogP contribution in [-0.2, 0) is 16.6 Å². The van der Waals surface area contributed by atoms with Gasteiger partial charge in [-0.05, 0) is 25.5 Å². The standard InChI is InChI=1S/C13H16ClN3O3S/c1-3-7-17-8-12(15-9(17)2)21(19,20)16-11-6-4-5-10(14)13(11)18/h4-6,8,16,18H,3,7H2,1-2H3. The number of benzene rings is 1. The van der Waals surface area contributed by atoms with Crippen molar-refractivity contribution in [3.63, 3.8) is 0 Å². The first-order valence-electron chi connectivity index (χ1n) is 6.39. The van der Waals surface area contributed by atoms with Gasteiger partial charge in [-0.3, -0.25) is 4.72 Å². The number of imidazole rings is 1. The minimum atomic E-state index is -3.87. The number of phenols is 1. The second kappa shape index (κ2) is 5.95. The second-order valence-corrected chi connectivity index (χ2v) is 6.60. The molecule has 0 saturated carbocycles. The molecule has 0 aliphatic carbocycles. The molecule has 8 heteroatoms. The lowest BCUT2D eigenvalue weighted by atomic mass is 10.3. The molecular weight excluding hydrogens is 314 g/mol. The molecule has 2 N–H and O–H groups in total. The van der Waals surface area contributed by atoms with Gasteiger partial charge in [0.15, 0.2) is 10.8 Å². The molecule has 2 rings (SSSR count). The maximum atomic E-state index is 12.3. The van der Waals surface area contributed by atoms with E-state index in [0.717, 1.165) is 6.42 Å². The molecule has 1 aromatic heterocycles. The Bertz CT molecular complexity index is 756. The molecule has 0 fully saturated rings. The van der Waals surface area contributed by atoms with E-state index in [1.807, 2.05) is 6.92 Å². The van der Waals surface area contributed by atoms with Crippen molar-refractivity contribution in [3.05, 3.63) is 35.2 Å². The summed E-state index contributed by atoms with van der Waals surface area (Å²) in [5, 5.41) is 9.75. The summed E-state index contributed by atoms with van der Waals surface area (Å²) in [7, 11) is -3.87. The van der Waals surface area contributed by atoms with Crippen LogP contribution in [0, 0.1) is 6.92 Å². The van der Waals surface area contributed by atoms with Crippen LogP contribution in [0.5, 0.6) is 5.75 Å². The number of phenolic OH excluding ortho intramolecular Hbond substituents is 1. The highest BCUT2D eigenvalue weighted by Crippen LogP contribution is 2.32. The van der Waals surface area contributed by atoms with Gasteiger partial charge < -0.3 is 9.67 Å². The maximum Gasteiger partial charge on any atom is 0.281 e. The number of nitrogens with one attached hydrogen (secondary N) is 1. The van der Waals surface area contributed by atoms with Crippen LogP contribution in [0.15, 0.2) is 29.4 Å². The molecule has 1 aromatic carbocycles. The molecule has 21 heavy (non-hydrogen) atoms. The fourth-order valence-electron chi connectivity index (χ4n) is 1.87.